The molecule has 0 bridgehead atoms. The summed E-state index contributed by atoms with van der Waals surface area (Å²) in [5.41, 5.74) is 0. The highest BCUT2D eigenvalue weighted by molar-refractivity contribution is 7.89. The summed E-state index contributed by atoms with van der Waals surface area (Å²) in [7, 11) is -3.68. The normalized spacial score (nSPS) is 13.3. The number of rotatable bonds is 6. The fourth-order valence-electron chi connectivity index (χ4n) is 1.69. The van der Waals surface area contributed by atoms with Gasteiger partial charge in [-0.15, -0.1) is 0 Å². The van der Waals surface area contributed by atoms with Gasteiger partial charge in [-0.3, -0.25) is 0 Å². The van der Waals surface area contributed by atoms with Crippen LogP contribution in [0.5, 0.6) is 0 Å². The first-order chi connectivity index (χ1) is 9.50. The van der Waals surface area contributed by atoms with E-state index in [9.17, 15) is 13.5 Å². The van der Waals surface area contributed by atoms with Gasteiger partial charge in [-0.05, 0) is 30.7 Å². The summed E-state index contributed by atoms with van der Waals surface area (Å²) in [5.74, 6) is 0.405. The van der Waals surface area contributed by atoms with Crippen molar-refractivity contribution in [2.75, 3.05) is 6.54 Å². The monoisotopic (exact) mass is 315 g/mol. The van der Waals surface area contributed by atoms with Crippen LogP contribution in [0.15, 0.2) is 52.0 Å². The highest BCUT2D eigenvalue weighted by Gasteiger charge is 2.18. The van der Waals surface area contributed by atoms with E-state index < -0.39 is 16.1 Å². The van der Waals surface area contributed by atoms with E-state index in [4.69, 9.17) is 16.0 Å². The predicted molar refractivity (Wildman–Crippen MR) is 74.9 cm³/mol. The molecule has 0 aliphatic rings. The van der Waals surface area contributed by atoms with E-state index in [2.05, 4.69) is 4.72 Å². The number of hydrogen-bond acceptors (Lipinski definition) is 4. The molecule has 0 saturated carbocycles. The highest BCUT2D eigenvalue weighted by Crippen LogP contribution is 2.21. The fraction of sp³-hybridized carbons (Fsp3) is 0.231. The number of hydrogen-bond donors (Lipinski definition) is 2. The molecule has 0 saturated heterocycles. The van der Waals surface area contributed by atoms with Crippen LogP contribution in [0.25, 0.3) is 0 Å². The maximum absolute atomic E-state index is 12.0. The molecule has 1 heterocycles. The Kier molecular flexibility index (Phi) is 4.82. The molecule has 0 aliphatic heterocycles. The summed E-state index contributed by atoms with van der Waals surface area (Å²) in [6.45, 7) is 0.0788. The van der Waals surface area contributed by atoms with Crippen molar-refractivity contribution in [3.8, 4) is 0 Å². The minimum atomic E-state index is -3.68. The standard InChI is InChI=1S/C13H14ClNO4S/c14-10-4-1-2-6-13(10)20(17,18)15-8-7-11(16)12-5-3-9-19-12/h1-6,9,11,15-16H,7-8H2. The van der Waals surface area contributed by atoms with Crippen LogP contribution in [-0.4, -0.2) is 20.1 Å². The van der Waals surface area contributed by atoms with Crippen molar-refractivity contribution in [3.05, 3.63) is 53.4 Å². The van der Waals surface area contributed by atoms with E-state index in [0.29, 0.717) is 5.76 Å². The van der Waals surface area contributed by atoms with Crippen molar-refractivity contribution in [2.24, 2.45) is 0 Å². The quantitative estimate of drug-likeness (QED) is 0.857. The van der Waals surface area contributed by atoms with Gasteiger partial charge in [-0.1, -0.05) is 23.7 Å². The van der Waals surface area contributed by atoms with Crippen molar-refractivity contribution in [2.45, 2.75) is 17.4 Å². The number of aliphatic hydroxyl groups is 1. The minimum Gasteiger partial charge on any atom is -0.467 e. The molecule has 0 amide bonds. The van der Waals surface area contributed by atoms with Crippen LogP contribution >= 0.6 is 11.6 Å². The van der Waals surface area contributed by atoms with E-state index >= 15 is 0 Å². The molecule has 1 aromatic carbocycles. The Bertz CT molecular complexity index is 655. The van der Waals surface area contributed by atoms with Gasteiger partial charge in [0.2, 0.25) is 10.0 Å². The lowest BCUT2D eigenvalue weighted by molar-refractivity contribution is 0.142. The Morgan fingerprint density at radius 1 is 1.25 bits per heavy atom. The van der Waals surface area contributed by atoms with E-state index in [1.165, 1.54) is 18.4 Å². The third-order valence-electron chi connectivity index (χ3n) is 2.71. The first-order valence-corrected chi connectivity index (χ1v) is 7.82. The molecule has 0 aliphatic carbocycles. The predicted octanol–water partition coefficient (Wildman–Crippen LogP) is 2.33. The Balaban J connectivity index is 1.95. The summed E-state index contributed by atoms with van der Waals surface area (Å²) in [6.07, 6.45) is 0.808. The van der Waals surface area contributed by atoms with Crippen LogP contribution in [0.2, 0.25) is 5.02 Å². The summed E-state index contributed by atoms with van der Waals surface area (Å²) in [6, 6.07) is 9.47. The van der Waals surface area contributed by atoms with Crippen LogP contribution < -0.4 is 4.72 Å². The van der Waals surface area contributed by atoms with E-state index in [-0.39, 0.29) is 22.9 Å². The van der Waals surface area contributed by atoms with Gasteiger partial charge in [-0.2, -0.15) is 0 Å². The van der Waals surface area contributed by atoms with Crippen LogP contribution in [-0.2, 0) is 10.0 Å². The third kappa shape index (κ3) is 3.61. The molecule has 5 nitrogen and oxygen atoms in total. The zero-order chi connectivity index (χ0) is 14.6. The topological polar surface area (TPSA) is 79.5 Å². The fourth-order valence-corrected chi connectivity index (χ4v) is 3.26. The first kappa shape index (κ1) is 15.1. The molecular formula is C13H14ClNO4S. The minimum absolute atomic E-state index is 0.0224. The van der Waals surface area contributed by atoms with Crippen molar-refractivity contribution in [1.29, 1.82) is 0 Å². The number of halogens is 1. The molecular weight excluding hydrogens is 302 g/mol. The van der Waals surface area contributed by atoms with Gasteiger partial charge < -0.3 is 9.52 Å². The van der Waals surface area contributed by atoms with Gasteiger partial charge >= 0.3 is 0 Å². The van der Waals surface area contributed by atoms with Crippen molar-refractivity contribution >= 4 is 21.6 Å². The molecule has 2 N–H and O–H groups in total. The number of sulfonamides is 1. The van der Waals surface area contributed by atoms with E-state index in [1.807, 2.05) is 0 Å². The molecule has 1 aromatic heterocycles. The van der Waals surface area contributed by atoms with Gasteiger partial charge in [0, 0.05) is 6.54 Å². The lowest BCUT2D eigenvalue weighted by Gasteiger charge is -2.10. The SMILES string of the molecule is O=S(=O)(NCCC(O)c1ccco1)c1ccccc1Cl. The molecule has 20 heavy (non-hydrogen) atoms. The van der Waals surface area contributed by atoms with Crippen LogP contribution in [0.4, 0.5) is 0 Å². The Labute approximate surface area is 122 Å². The third-order valence-corrected chi connectivity index (χ3v) is 4.67. The number of benzene rings is 1. The Morgan fingerprint density at radius 2 is 2.00 bits per heavy atom. The highest BCUT2D eigenvalue weighted by atomic mass is 35.5. The molecule has 1 atom stereocenters. The molecule has 0 spiro atoms. The second kappa shape index (κ2) is 6.41. The van der Waals surface area contributed by atoms with Crippen LogP contribution in [0.3, 0.4) is 0 Å². The van der Waals surface area contributed by atoms with Crippen molar-refractivity contribution < 1.29 is 17.9 Å². The van der Waals surface area contributed by atoms with Crippen LogP contribution in [0.1, 0.15) is 18.3 Å². The summed E-state index contributed by atoms with van der Waals surface area (Å²) >= 11 is 5.85. The average Bonchev–Trinajstić information content (AvgIpc) is 2.92. The van der Waals surface area contributed by atoms with E-state index in [1.54, 1.807) is 24.3 Å². The van der Waals surface area contributed by atoms with Crippen molar-refractivity contribution in [3.63, 3.8) is 0 Å². The molecule has 2 rings (SSSR count). The van der Waals surface area contributed by atoms with Gasteiger partial charge in [-0.25, -0.2) is 13.1 Å². The second-order valence-corrected chi connectivity index (χ2v) is 6.29. The van der Waals surface area contributed by atoms with E-state index in [0.717, 1.165) is 0 Å². The van der Waals surface area contributed by atoms with Gasteiger partial charge in [0.25, 0.3) is 0 Å². The van der Waals surface area contributed by atoms with Gasteiger partial charge in [0.05, 0.1) is 11.3 Å². The zero-order valence-corrected chi connectivity index (χ0v) is 12.1. The number of aliphatic hydroxyl groups excluding tert-OH is 1. The van der Waals surface area contributed by atoms with Crippen LogP contribution in [0, 0.1) is 0 Å². The largest absolute Gasteiger partial charge is 0.467 e. The number of furan rings is 1. The van der Waals surface area contributed by atoms with Gasteiger partial charge in [0.15, 0.2) is 0 Å². The lowest BCUT2D eigenvalue weighted by atomic mass is 10.2. The zero-order valence-electron chi connectivity index (χ0n) is 10.5. The Morgan fingerprint density at radius 3 is 2.65 bits per heavy atom. The molecule has 2 aromatic rings. The lowest BCUT2D eigenvalue weighted by Crippen LogP contribution is -2.26. The molecule has 1 unspecified atom stereocenters. The molecule has 108 valence electrons. The maximum atomic E-state index is 12.0. The average molecular weight is 316 g/mol. The smallest absolute Gasteiger partial charge is 0.242 e. The summed E-state index contributed by atoms with van der Waals surface area (Å²) in [4.78, 5) is 0.0224. The summed E-state index contributed by atoms with van der Waals surface area (Å²) in [5, 5.41) is 9.94. The van der Waals surface area contributed by atoms with Crippen molar-refractivity contribution in [1.82, 2.24) is 4.72 Å². The summed E-state index contributed by atoms with van der Waals surface area (Å²) < 4.78 is 31.5. The van der Waals surface area contributed by atoms with Gasteiger partial charge in [0.1, 0.15) is 16.8 Å². The maximum Gasteiger partial charge on any atom is 0.242 e. The second-order valence-electron chi connectivity index (χ2n) is 4.15. The molecule has 0 radical (unpaired) electrons. The first-order valence-electron chi connectivity index (χ1n) is 5.96. The molecule has 0 fully saturated rings. The number of nitrogens with one attached hydrogen (secondary N) is 1. The molecule has 7 heteroatoms. The Hall–Kier alpha value is -1.34.